The summed E-state index contributed by atoms with van der Waals surface area (Å²) in [6.07, 6.45) is 2.10. The average molecular weight is 475 g/mol. The number of halogens is 1. The van der Waals surface area contributed by atoms with Crippen LogP contribution in [0.5, 0.6) is 5.75 Å². The van der Waals surface area contributed by atoms with Crippen molar-refractivity contribution in [2.75, 3.05) is 37.7 Å². The minimum absolute atomic E-state index is 0.0257. The quantitative estimate of drug-likeness (QED) is 0.514. The van der Waals surface area contributed by atoms with Gasteiger partial charge in [0.15, 0.2) is 17.0 Å². The van der Waals surface area contributed by atoms with Gasteiger partial charge in [-0.3, -0.25) is 9.59 Å². The Balaban J connectivity index is 1.74. The van der Waals surface area contributed by atoms with Crippen molar-refractivity contribution in [1.29, 1.82) is 0 Å². The molecule has 1 saturated heterocycles. The highest BCUT2D eigenvalue weighted by atomic mass is 19.1. The number of piperazine rings is 1. The van der Waals surface area contributed by atoms with Crippen LogP contribution in [-0.4, -0.2) is 75.5 Å². The van der Waals surface area contributed by atoms with E-state index >= 15 is 4.39 Å². The fourth-order valence-corrected chi connectivity index (χ4v) is 4.38. The van der Waals surface area contributed by atoms with E-state index < -0.39 is 35.1 Å². The fraction of sp³-hybridized carbons (Fsp3) is 0.364. The number of nitrogens with zero attached hydrogens (tertiary/aromatic N) is 3. The molecular formula is C22H22FN3O8. The van der Waals surface area contributed by atoms with Gasteiger partial charge in [-0.25, -0.2) is 14.0 Å². The van der Waals surface area contributed by atoms with Crippen LogP contribution >= 0.6 is 0 Å². The Morgan fingerprint density at radius 1 is 1.12 bits per heavy atom. The highest BCUT2D eigenvalue weighted by Crippen LogP contribution is 2.40. The van der Waals surface area contributed by atoms with Gasteiger partial charge in [0.1, 0.15) is 18.0 Å². The maximum atomic E-state index is 15.4. The van der Waals surface area contributed by atoms with Gasteiger partial charge in [0.25, 0.3) is 0 Å². The third kappa shape index (κ3) is 3.91. The lowest BCUT2D eigenvalue weighted by Crippen LogP contribution is -2.47. The van der Waals surface area contributed by atoms with Crippen LogP contribution in [0.1, 0.15) is 18.4 Å². The van der Waals surface area contributed by atoms with Crippen molar-refractivity contribution in [3.63, 3.8) is 0 Å². The fourth-order valence-electron chi connectivity index (χ4n) is 4.38. The highest BCUT2D eigenvalue weighted by molar-refractivity contribution is 5.94. The third-order valence-electron chi connectivity index (χ3n) is 6.10. The number of rotatable bonds is 6. The molecule has 2 aliphatic rings. The lowest BCUT2D eigenvalue weighted by molar-refractivity contribution is -0.138. The molecule has 1 aromatic heterocycles. The van der Waals surface area contributed by atoms with Crippen LogP contribution in [-0.2, 0) is 20.9 Å². The lowest BCUT2D eigenvalue weighted by atomic mass is 9.99. The van der Waals surface area contributed by atoms with Crippen molar-refractivity contribution in [2.45, 2.75) is 19.4 Å². The molecule has 0 aliphatic carbocycles. The normalized spacial score (nSPS) is 16.8. The summed E-state index contributed by atoms with van der Waals surface area (Å²) in [6, 6.07) is 1.08. The minimum Gasteiger partial charge on any atom is -0.487 e. The first-order valence-corrected chi connectivity index (χ1v) is 10.5. The van der Waals surface area contributed by atoms with Gasteiger partial charge < -0.3 is 34.4 Å². The van der Waals surface area contributed by atoms with Crippen LogP contribution in [0, 0.1) is 5.82 Å². The van der Waals surface area contributed by atoms with Gasteiger partial charge in [-0.2, -0.15) is 0 Å². The summed E-state index contributed by atoms with van der Waals surface area (Å²) in [5.74, 6) is -5.54. The van der Waals surface area contributed by atoms with Crippen LogP contribution in [0.3, 0.4) is 0 Å². The maximum absolute atomic E-state index is 15.4. The number of hydrogen-bond acceptors (Lipinski definition) is 7. The van der Waals surface area contributed by atoms with Crippen molar-refractivity contribution in [1.82, 2.24) is 9.47 Å². The first kappa shape index (κ1) is 23.1. The van der Waals surface area contributed by atoms with Crippen LogP contribution in [0.4, 0.5) is 10.1 Å². The van der Waals surface area contributed by atoms with Gasteiger partial charge in [-0.15, -0.1) is 0 Å². The molecule has 0 bridgehead atoms. The van der Waals surface area contributed by atoms with Crippen molar-refractivity contribution >= 4 is 34.5 Å². The molecule has 11 nitrogen and oxygen atoms in total. The van der Waals surface area contributed by atoms with E-state index in [4.69, 9.17) is 9.84 Å². The summed E-state index contributed by atoms with van der Waals surface area (Å²) in [5, 5.41) is 27.6. The van der Waals surface area contributed by atoms with E-state index in [1.54, 1.807) is 9.47 Å². The molecule has 2 aromatic rings. The Bertz CT molecular complexity index is 1290. The number of benzene rings is 1. The van der Waals surface area contributed by atoms with Gasteiger partial charge >= 0.3 is 17.9 Å². The Morgan fingerprint density at radius 3 is 2.38 bits per heavy atom. The molecule has 3 N–H and O–H groups in total. The van der Waals surface area contributed by atoms with E-state index in [9.17, 15) is 29.4 Å². The maximum Gasteiger partial charge on any atom is 0.352 e. The van der Waals surface area contributed by atoms with E-state index in [2.05, 4.69) is 0 Å². The monoisotopic (exact) mass is 475 g/mol. The number of pyridine rings is 1. The van der Waals surface area contributed by atoms with Gasteiger partial charge in [0.2, 0.25) is 0 Å². The van der Waals surface area contributed by atoms with Gasteiger partial charge in [-0.05, 0) is 13.0 Å². The molecule has 0 spiro atoms. The summed E-state index contributed by atoms with van der Waals surface area (Å²) in [7, 11) is 0. The zero-order chi connectivity index (χ0) is 24.7. The summed E-state index contributed by atoms with van der Waals surface area (Å²) < 4.78 is 22.8. The molecule has 0 radical (unpaired) electrons. The summed E-state index contributed by atoms with van der Waals surface area (Å²) in [6.45, 7) is 2.56. The first-order valence-electron chi connectivity index (χ1n) is 10.5. The molecule has 180 valence electrons. The number of carbonyl (C=O) groups is 3. The van der Waals surface area contributed by atoms with E-state index in [1.807, 2.05) is 0 Å². The van der Waals surface area contributed by atoms with Gasteiger partial charge in [-0.1, -0.05) is 0 Å². The third-order valence-corrected chi connectivity index (χ3v) is 6.10. The largest absolute Gasteiger partial charge is 0.487 e. The number of hydrogen-bond donors (Lipinski definition) is 3. The van der Waals surface area contributed by atoms with Gasteiger partial charge in [0, 0.05) is 37.9 Å². The topological polar surface area (TPSA) is 150 Å². The summed E-state index contributed by atoms with van der Waals surface area (Å²) in [5.41, 5.74) is -0.391. The van der Waals surface area contributed by atoms with Gasteiger partial charge in [0.05, 0.1) is 29.4 Å². The van der Waals surface area contributed by atoms with Crippen LogP contribution < -0.4 is 15.1 Å². The lowest BCUT2D eigenvalue weighted by Gasteiger charge is -2.38. The molecule has 2 aliphatic heterocycles. The van der Waals surface area contributed by atoms with Crippen molar-refractivity contribution in [3.05, 3.63) is 45.6 Å². The second-order valence-corrected chi connectivity index (χ2v) is 8.09. The first-order chi connectivity index (χ1) is 16.1. The molecular weight excluding hydrogens is 453 g/mol. The number of ether oxygens (including phenoxy) is 1. The summed E-state index contributed by atoms with van der Waals surface area (Å²) in [4.78, 5) is 49.9. The standard InChI is InChI=1S/C22H22FN3O8/c1-11(21(30)31)13-10-26-6-7-34-20-17(26)12(19(13)29)8-14(23)18(20)25-4-2-24(3-5-25)15(22(32)33)9-16(27)28/h8-11H,2-7H2,1H3,(H,27,28)(H,30,31)(H,32,33)/b15-9+. The molecule has 1 unspecified atom stereocenters. The second-order valence-electron chi connectivity index (χ2n) is 8.09. The molecule has 4 rings (SSSR count). The number of aromatic nitrogens is 1. The molecule has 1 aromatic carbocycles. The van der Waals surface area contributed by atoms with E-state index in [-0.39, 0.29) is 60.9 Å². The summed E-state index contributed by atoms with van der Waals surface area (Å²) >= 11 is 0. The van der Waals surface area contributed by atoms with Crippen molar-refractivity contribution < 1.29 is 38.8 Å². The Morgan fingerprint density at radius 2 is 1.79 bits per heavy atom. The Labute approximate surface area is 191 Å². The number of carboxylic acids is 3. The Kier molecular flexibility index (Phi) is 5.90. The number of anilines is 1. The van der Waals surface area contributed by atoms with Crippen LogP contribution in [0.2, 0.25) is 0 Å². The van der Waals surface area contributed by atoms with Crippen molar-refractivity contribution in [2.24, 2.45) is 0 Å². The molecule has 3 heterocycles. The molecule has 12 heteroatoms. The molecule has 0 saturated carbocycles. The predicted octanol–water partition coefficient (Wildman–Crippen LogP) is 0.896. The van der Waals surface area contributed by atoms with Crippen molar-refractivity contribution in [3.8, 4) is 5.75 Å². The van der Waals surface area contributed by atoms with Crippen LogP contribution in [0.25, 0.3) is 10.9 Å². The van der Waals surface area contributed by atoms with E-state index in [1.165, 1.54) is 18.0 Å². The molecule has 1 fully saturated rings. The van der Waals surface area contributed by atoms with Crippen LogP contribution in [0.15, 0.2) is 28.8 Å². The smallest absolute Gasteiger partial charge is 0.352 e. The average Bonchev–Trinajstić information content (AvgIpc) is 2.79. The number of aliphatic carboxylic acids is 3. The molecule has 0 amide bonds. The zero-order valence-electron chi connectivity index (χ0n) is 18.2. The molecule has 1 atom stereocenters. The molecule has 34 heavy (non-hydrogen) atoms. The highest BCUT2D eigenvalue weighted by Gasteiger charge is 2.31. The minimum atomic E-state index is -1.38. The predicted molar refractivity (Wildman–Crippen MR) is 117 cm³/mol. The Hall–Kier alpha value is -4.09. The second kappa shape index (κ2) is 8.69. The van der Waals surface area contributed by atoms with E-state index in [0.717, 1.165) is 6.07 Å². The zero-order valence-corrected chi connectivity index (χ0v) is 18.2. The SMILES string of the molecule is CC(C(=O)O)c1cn2c3c(c(N4CCN(/C(=C/C(=O)O)C(=O)O)CC4)c(F)cc3c1=O)OCC2. The van der Waals surface area contributed by atoms with E-state index in [0.29, 0.717) is 18.1 Å². The number of carboxylic acid groups (broad SMARTS) is 3.